The molecule has 1 N–H and O–H groups in total. The lowest BCUT2D eigenvalue weighted by Gasteiger charge is -2.13. The van der Waals surface area contributed by atoms with E-state index in [-0.39, 0.29) is 11.4 Å². The van der Waals surface area contributed by atoms with Crippen LogP contribution >= 0.6 is 0 Å². The molecule has 0 bridgehead atoms. The highest BCUT2D eigenvalue weighted by Gasteiger charge is 2.19. The third-order valence-corrected chi connectivity index (χ3v) is 6.58. The van der Waals surface area contributed by atoms with Crippen molar-refractivity contribution in [3.05, 3.63) is 148 Å². The van der Waals surface area contributed by atoms with Crippen LogP contribution in [0.2, 0.25) is 0 Å². The molecule has 6 rings (SSSR count). The fourth-order valence-corrected chi connectivity index (χ4v) is 4.50. The Morgan fingerprint density at radius 1 is 0.581 bits per heavy atom. The van der Waals surface area contributed by atoms with Crippen molar-refractivity contribution in [3.63, 3.8) is 0 Å². The molecule has 0 fully saturated rings. The molecule has 0 saturated heterocycles. The third kappa shape index (κ3) is 5.93. The highest BCUT2D eigenvalue weighted by Crippen LogP contribution is 2.40. The molecule has 0 amide bonds. The van der Waals surface area contributed by atoms with E-state index in [4.69, 9.17) is 14.5 Å². The number of H-pyrrole nitrogens is 1. The van der Waals surface area contributed by atoms with Gasteiger partial charge in [0.1, 0.15) is 28.8 Å². The Bertz CT molecular complexity index is 1850. The fourth-order valence-electron chi connectivity index (χ4n) is 4.50. The van der Waals surface area contributed by atoms with E-state index >= 15 is 0 Å². The normalized spacial score (nSPS) is 10.7. The van der Waals surface area contributed by atoms with E-state index in [1.54, 1.807) is 18.2 Å². The van der Waals surface area contributed by atoms with E-state index in [9.17, 15) is 20.2 Å². The predicted octanol–water partition coefficient (Wildman–Crippen LogP) is 8.81. The van der Waals surface area contributed by atoms with Gasteiger partial charge in [-0.3, -0.25) is 20.2 Å². The van der Waals surface area contributed by atoms with Crippen LogP contribution in [0, 0.1) is 20.2 Å². The zero-order valence-electron chi connectivity index (χ0n) is 22.4. The summed E-state index contributed by atoms with van der Waals surface area (Å²) in [6, 6.07) is 36.4. The summed E-state index contributed by atoms with van der Waals surface area (Å²) in [5, 5.41) is 22.2. The van der Waals surface area contributed by atoms with Crippen LogP contribution in [0.1, 0.15) is 0 Å². The molecular formula is C33H22N4O6. The number of non-ortho nitro benzene ring substituents is 2. The monoisotopic (exact) mass is 570 g/mol. The summed E-state index contributed by atoms with van der Waals surface area (Å²) in [7, 11) is 0. The molecule has 210 valence electrons. The van der Waals surface area contributed by atoms with Gasteiger partial charge in [0.05, 0.1) is 26.8 Å². The first-order valence-corrected chi connectivity index (χ1v) is 13.1. The second-order valence-electron chi connectivity index (χ2n) is 9.41. The molecule has 10 nitrogen and oxygen atoms in total. The lowest BCUT2D eigenvalue weighted by molar-refractivity contribution is -0.385. The quantitative estimate of drug-likeness (QED) is 0.136. The largest absolute Gasteiger partial charge is 0.457 e. The minimum Gasteiger partial charge on any atom is -0.457 e. The minimum atomic E-state index is -0.481. The van der Waals surface area contributed by atoms with Crippen LogP contribution in [0.15, 0.2) is 127 Å². The number of nitro benzene ring substituents is 2. The molecule has 0 aliphatic rings. The molecule has 10 heteroatoms. The second kappa shape index (κ2) is 11.7. The van der Waals surface area contributed by atoms with Gasteiger partial charge in [0.25, 0.3) is 11.4 Å². The maximum absolute atomic E-state index is 11.2. The lowest BCUT2D eigenvalue weighted by atomic mass is 10.1. The van der Waals surface area contributed by atoms with Gasteiger partial charge in [-0.05, 0) is 36.4 Å². The summed E-state index contributed by atoms with van der Waals surface area (Å²) < 4.78 is 12.2. The predicted molar refractivity (Wildman–Crippen MR) is 161 cm³/mol. The molecule has 0 aliphatic heterocycles. The number of nitro groups is 2. The van der Waals surface area contributed by atoms with Crippen LogP contribution in [0.3, 0.4) is 0 Å². The van der Waals surface area contributed by atoms with Crippen molar-refractivity contribution >= 4 is 11.4 Å². The molecular weight excluding hydrogens is 548 g/mol. The van der Waals surface area contributed by atoms with Gasteiger partial charge in [0.2, 0.25) is 0 Å². The van der Waals surface area contributed by atoms with Crippen molar-refractivity contribution in [3.8, 4) is 56.9 Å². The van der Waals surface area contributed by atoms with E-state index in [2.05, 4.69) is 4.98 Å². The maximum Gasteiger partial charge on any atom is 0.269 e. The third-order valence-electron chi connectivity index (χ3n) is 6.58. The molecule has 0 aliphatic carbocycles. The van der Waals surface area contributed by atoms with E-state index in [0.29, 0.717) is 34.4 Å². The van der Waals surface area contributed by atoms with Crippen molar-refractivity contribution in [2.24, 2.45) is 0 Å². The van der Waals surface area contributed by atoms with Gasteiger partial charge in [-0.2, -0.15) is 0 Å². The maximum atomic E-state index is 11.2. The van der Waals surface area contributed by atoms with Crippen LogP contribution in [0.4, 0.5) is 11.4 Å². The number of nitrogens with one attached hydrogen (secondary N) is 1. The number of hydrogen-bond acceptors (Lipinski definition) is 7. The molecule has 0 saturated carbocycles. The number of aromatic nitrogens is 2. The molecule has 0 atom stereocenters. The number of rotatable bonds is 9. The minimum absolute atomic E-state index is 0.0499. The van der Waals surface area contributed by atoms with Crippen molar-refractivity contribution < 1.29 is 19.3 Å². The van der Waals surface area contributed by atoms with Crippen LogP contribution in [-0.2, 0) is 0 Å². The molecule has 1 aromatic heterocycles. The van der Waals surface area contributed by atoms with Crippen LogP contribution in [0.5, 0.6) is 23.0 Å². The van der Waals surface area contributed by atoms with E-state index in [1.807, 2.05) is 60.7 Å². The standard InChI is InChI=1S/C33H22N4O6/c38-36(39)24-11-15-26(16-12-24)42-28-19-20-29(30(21-28)43-27-17-13-25(14-18-27)37(40)41)33-34-31(22-7-3-1-4-8-22)32(35-33)23-9-5-2-6-10-23/h1-21H,(H,34,35). The number of nitrogens with zero attached hydrogens (tertiary/aromatic N) is 3. The summed E-state index contributed by atoms with van der Waals surface area (Å²) in [6.07, 6.45) is 0. The first-order valence-electron chi connectivity index (χ1n) is 13.1. The number of ether oxygens (including phenoxy) is 2. The SMILES string of the molecule is O=[N+]([O-])c1ccc(Oc2ccc(-c3nc(-c4ccccc4)c(-c4ccccc4)[nH]3)c(Oc3ccc([N+](=O)[O-])cc3)c2)cc1. The number of imidazole rings is 1. The topological polar surface area (TPSA) is 133 Å². The molecule has 1 heterocycles. The van der Waals surface area contributed by atoms with Crippen LogP contribution in [-0.4, -0.2) is 19.8 Å². The molecule has 0 radical (unpaired) electrons. The summed E-state index contributed by atoms with van der Waals surface area (Å²) >= 11 is 0. The van der Waals surface area contributed by atoms with Crippen molar-refractivity contribution in [1.82, 2.24) is 9.97 Å². The number of hydrogen-bond donors (Lipinski definition) is 1. The molecule has 0 unspecified atom stereocenters. The number of benzene rings is 5. The zero-order valence-corrected chi connectivity index (χ0v) is 22.4. The van der Waals surface area contributed by atoms with Gasteiger partial charge in [0.15, 0.2) is 0 Å². The Morgan fingerprint density at radius 2 is 1.09 bits per heavy atom. The Hall–Kier alpha value is -6.29. The highest BCUT2D eigenvalue weighted by molar-refractivity contribution is 5.82. The van der Waals surface area contributed by atoms with Crippen molar-refractivity contribution in [2.75, 3.05) is 0 Å². The lowest BCUT2D eigenvalue weighted by Crippen LogP contribution is -1.93. The fraction of sp³-hybridized carbons (Fsp3) is 0. The average molecular weight is 571 g/mol. The van der Waals surface area contributed by atoms with Gasteiger partial charge in [-0.1, -0.05) is 60.7 Å². The van der Waals surface area contributed by atoms with Gasteiger partial charge < -0.3 is 14.5 Å². The summed E-state index contributed by atoms with van der Waals surface area (Å²) in [4.78, 5) is 29.7. The summed E-state index contributed by atoms with van der Waals surface area (Å²) in [5.74, 6) is 2.10. The smallest absolute Gasteiger partial charge is 0.269 e. The first kappa shape index (κ1) is 26.9. The van der Waals surface area contributed by atoms with Gasteiger partial charge >= 0.3 is 0 Å². The summed E-state index contributed by atoms with van der Waals surface area (Å²) in [5.41, 5.74) is 3.98. The molecule has 6 aromatic rings. The molecule has 5 aromatic carbocycles. The highest BCUT2D eigenvalue weighted by atomic mass is 16.6. The average Bonchev–Trinajstić information content (AvgIpc) is 3.48. The Kier molecular flexibility index (Phi) is 7.30. The second-order valence-corrected chi connectivity index (χ2v) is 9.41. The van der Waals surface area contributed by atoms with Gasteiger partial charge in [-0.15, -0.1) is 0 Å². The Balaban J connectivity index is 1.43. The number of aromatic amines is 1. The first-order chi connectivity index (χ1) is 20.9. The summed E-state index contributed by atoms with van der Waals surface area (Å²) in [6.45, 7) is 0. The zero-order chi connectivity index (χ0) is 29.8. The Labute approximate surface area is 245 Å². The van der Waals surface area contributed by atoms with E-state index in [1.165, 1.54) is 48.5 Å². The molecule has 0 spiro atoms. The Morgan fingerprint density at radius 3 is 1.65 bits per heavy atom. The van der Waals surface area contributed by atoms with Crippen LogP contribution < -0.4 is 9.47 Å². The molecule has 43 heavy (non-hydrogen) atoms. The van der Waals surface area contributed by atoms with E-state index < -0.39 is 9.85 Å². The van der Waals surface area contributed by atoms with E-state index in [0.717, 1.165) is 22.5 Å². The van der Waals surface area contributed by atoms with Crippen molar-refractivity contribution in [1.29, 1.82) is 0 Å². The van der Waals surface area contributed by atoms with Crippen LogP contribution in [0.25, 0.3) is 33.9 Å². The van der Waals surface area contributed by atoms with Gasteiger partial charge in [0, 0.05) is 41.5 Å². The van der Waals surface area contributed by atoms with Crippen molar-refractivity contribution in [2.45, 2.75) is 0 Å². The van der Waals surface area contributed by atoms with Gasteiger partial charge in [-0.25, -0.2) is 4.98 Å².